The molecule has 2 aliphatic carbocycles. The average molecular weight is 395 g/mol. The fourth-order valence-electron chi connectivity index (χ4n) is 5.72. The number of unbranched alkanes of at least 4 members (excludes halogenated alkanes) is 4. The van der Waals surface area contributed by atoms with E-state index in [-0.39, 0.29) is 5.92 Å². The summed E-state index contributed by atoms with van der Waals surface area (Å²) in [6, 6.07) is 2.41. The minimum absolute atomic E-state index is 0.181. The van der Waals surface area contributed by atoms with E-state index in [4.69, 9.17) is 0 Å². The minimum atomic E-state index is -1.35. The van der Waals surface area contributed by atoms with Crippen LogP contribution in [0.4, 0.5) is 13.2 Å². The number of hydrogen-bond acceptors (Lipinski definition) is 0. The molecule has 2 saturated carbocycles. The number of benzene rings is 1. The summed E-state index contributed by atoms with van der Waals surface area (Å²) in [6.45, 7) is 2.27. The van der Waals surface area contributed by atoms with Crippen LogP contribution in [0, 0.1) is 35.2 Å². The number of halogens is 3. The largest absolute Gasteiger partial charge is 0.204 e. The molecule has 0 heterocycles. The maximum Gasteiger partial charge on any atom is 0.194 e. The maximum absolute atomic E-state index is 13.5. The average Bonchev–Trinajstić information content (AvgIpc) is 2.72. The van der Waals surface area contributed by atoms with Crippen molar-refractivity contribution in [1.82, 2.24) is 0 Å². The molecule has 0 spiro atoms. The van der Waals surface area contributed by atoms with E-state index in [0.29, 0.717) is 5.56 Å². The molecule has 0 aromatic heterocycles. The Morgan fingerprint density at radius 1 is 0.714 bits per heavy atom. The fraction of sp³-hybridized carbons (Fsp3) is 0.760. The second-order valence-electron chi connectivity index (χ2n) is 9.39. The fourth-order valence-corrected chi connectivity index (χ4v) is 5.72. The molecule has 0 amide bonds. The Morgan fingerprint density at radius 3 is 1.82 bits per heavy atom. The summed E-state index contributed by atoms with van der Waals surface area (Å²) in [4.78, 5) is 0. The third kappa shape index (κ3) is 5.76. The summed E-state index contributed by atoms with van der Waals surface area (Å²) in [6.07, 6.45) is 18.1. The summed E-state index contributed by atoms with van der Waals surface area (Å²) in [5.41, 5.74) is 0.640. The molecule has 3 heteroatoms. The minimum Gasteiger partial charge on any atom is -0.204 e. The van der Waals surface area contributed by atoms with Crippen LogP contribution in [-0.2, 0) is 0 Å². The van der Waals surface area contributed by atoms with Crippen molar-refractivity contribution in [2.75, 3.05) is 0 Å². The van der Waals surface area contributed by atoms with Crippen molar-refractivity contribution >= 4 is 0 Å². The van der Waals surface area contributed by atoms with Crippen LogP contribution in [0.2, 0.25) is 0 Å². The molecule has 0 unspecified atom stereocenters. The van der Waals surface area contributed by atoms with Gasteiger partial charge >= 0.3 is 0 Å². The molecule has 158 valence electrons. The molecule has 2 aliphatic rings. The van der Waals surface area contributed by atoms with Gasteiger partial charge in [-0.05, 0) is 79.9 Å². The Balaban J connectivity index is 1.39. The van der Waals surface area contributed by atoms with E-state index >= 15 is 0 Å². The van der Waals surface area contributed by atoms with Crippen molar-refractivity contribution < 1.29 is 13.2 Å². The van der Waals surface area contributed by atoms with Crippen LogP contribution in [0.15, 0.2) is 12.1 Å². The third-order valence-corrected chi connectivity index (χ3v) is 7.52. The molecule has 0 radical (unpaired) electrons. The Kier molecular flexibility index (Phi) is 8.29. The van der Waals surface area contributed by atoms with Gasteiger partial charge in [-0.1, -0.05) is 58.3 Å². The molecule has 0 aliphatic heterocycles. The molecule has 0 saturated heterocycles. The molecule has 1 aromatic rings. The number of rotatable bonds is 8. The standard InChI is InChI=1S/C25H37F3/c1-2-3-4-5-6-7-18-8-10-19(11-9-18)20-12-14-21(15-13-20)22-16-23(26)25(28)24(27)17-22/h16-21H,2-15H2,1H3/t18-,19-,20-,21-. The zero-order valence-corrected chi connectivity index (χ0v) is 17.5. The van der Waals surface area contributed by atoms with Gasteiger partial charge in [-0.25, -0.2) is 13.2 Å². The van der Waals surface area contributed by atoms with Crippen molar-refractivity contribution in [1.29, 1.82) is 0 Å². The lowest BCUT2D eigenvalue weighted by molar-refractivity contribution is 0.155. The van der Waals surface area contributed by atoms with Gasteiger partial charge in [0.2, 0.25) is 0 Å². The summed E-state index contributed by atoms with van der Waals surface area (Å²) in [7, 11) is 0. The van der Waals surface area contributed by atoms with Gasteiger partial charge < -0.3 is 0 Å². The van der Waals surface area contributed by atoms with Crippen LogP contribution in [0.25, 0.3) is 0 Å². The number of hydrogen-bond donors (Lipinski definition) is 0. The van der Waals surface area contributed by atoms with E-state index in [0.717, 1.165) is 43.4 Å². The van der Waals surface area contributed by atoms with Gasteiger partial charge in [-0.3, -0.25) is 0 Å². The first-order chi connectivity index (χ1) is 13.6. The van der Waals surface area contributed by atoms with Crippen molar-refractivity contribution in [3.05, 3.63) is 35.1 Å². The van der Waals surface area contributed by atoms with Gasteiger partial charge in [0.1, 0.15) is 0 Å². The highest BCUT2D eigenvalue weighted by atomic mass is 19.2. The Morgan fingerprint density at radius 2 is 1.25 bits per heavy atom. The SMILES string of the molecule is CCCCCCC[C@H]1CC[C@H]([C@H]2CC[C@H](c3cc(F)c(F)c(F)c3)CC2)CC1. The Bertz CT molecular complexity index is 573. The smallest absolute Gasteiger partial charge is 0.194 e. The third-order valence-electron chi connectivity index (χ3n) is 7.52. The molecule has 0 atom stereocenters. The highest BCUT2D eigenvalue weighted by Gasteiger charge is 2.31. The summed E-state index contributed by atoms with van der Waals surface area (Å²) >= 11 is 0. The molecule has 0 N–H and O–H groups in total. The predicted molar refractivity (Wildman–Crippen MR) is 110 cm³/mol. The molecule has 28 heavy (non-hydrogen) atoms. The lowest BCUT2D eigenvalue weighted by atomic mass is 9.68. The van der Waals surface area contributed by atoms with Gasteiger partial charge in [0, 0.05) is 0 Å². The first-order valence-corrected chi connectivity index (χ1v) is 11.7. The van der Waals surface area contributed by atoms with Crippen LogP contribution >= 0.6 is 0 Å². The topological polar surface area (TPSA) is 0 Å². The van der Waals surface area contributed by atoms with Gasteiger partial charge in [0.05, 0.1) is 0 Å². The highest BCUT2D eigenvalue weighted by molar-refractivity contribution is 5.23. The van der Waals surface area contributed by atoms with Crippen LogP contribution in [0.5, 0.6) is 0 Å². The van der Waals surface area contributed by atoms with E-state index in [1.807, 2.05) is 0 Å². The van der Waals surface area contributed by atoms with Crippen molar-refractivity contribution in [2.45, 2.75) is 103 Å². The highest BCUT2D eigenvalue weighted by Crippen LogP contribution is 2.44. The first kappa shape index (κ1) is 21.7. The summed E-state index contributed by atoms with van der Waals surface area (Å²) < 4.78 is 40.3. The van der Waals surface area contributed by atoms with Crippen molar-refractivity contribution in [3.8, 4) is 0 Å². The predicted octanol–water partition coefficient (Wildman–Crippen LogP) is 8.54. The molecule has 1 aromatic carbocycles. The first-order valence-electron chi connectivity index (χ1n) is 11.7. The van der Waals surface area contributed by atoms with Crippen LogP contribution in [0.1, 0.15) is 108 Å². The second-order valence-corrected chi connectivity index (χ2v) is 9.39. The van der Waals surface area contributed by atoms with Crippen molar-refractivity contribution in [2.24, 2.45) is 17.8 Å². The quantitative estimate of drug-likeness (QED) is 0.306. The maximum atomic E-state index is 13.5. The monoisotopic (exact) mass is 394 g/mol. The van der Waals surface area contributed by atoms with Gasteiger partial charge in [0.25, 0.3) is 0 Å². The zero-order chi connectivity index (χ0) is 19.9. The lowest BCUT2D eigenvalue weighted by Crippen LogP contribution is -2.25. The van der Waals surface area contributed by atoms with Gasteiger partial charge in [-0.15, -0.1) is 0 Å². The normalized spacial score (nSPS) is 28.4. The molecule has 0 bridgehead atoms. The van der Waals surface area contributed by atoms with Crippen LogP contribution in [0.3, 0.4) is 0 Å². The second kappa shape index (κ2) is 10.7. The van der Waals surface area contributed by atoms with Gasteiger partial charge in [0.15, 0.2) is 17.5 Å². The zero-order valence-electron chi connectivity index (χ0n) is 17.5. The summed E-state index contributed by atoms with van der Waals surface area (Å²) in [5, 5.41) is 0. The Labute approximate surface area is 169 Å². The summed E-state index contributed by atoms with van der Waals surface area (Å²) in [5.74, 6) is -0.703. The Hall–Kier alpha value is -0.990. The van der Waals surface area contributed by atoms with Crippen LogP contribution in [-0.4, -0.2) is 0 Å². The molecule has 3 rings (SSSR count). The lowest BCUT2D eigenvalue weighted by Gasteiger charge is -2.38. The van der Waals surface area contributed by atoms with E-state index in [1.165, 1.54) is 76.3 Å². The molecule has 0 nitrogen and oxygen atoms in total. The van der Waals surface area contributed by atoms with Crippen molar-refractivity contribution in [3.63, 3.8) is 0 Å². The van der Waals surface area contributed by atoms with E-state index in [1.54, 1.807) is 0 Å². The molecule has 2 fully saturated rings. The molecular formula is C25H37F3. The molecular weight excluding hydrogens is 357 g/mol. The van der Waals surface area contributed by atoms with E-state index in [9.17, 15) is 13.2 Å². The van der Waals surface area contributed by atoms with Gasteiger partial charge in [-0.2, -0.15) is 0 Å². The van der Waals surface area contributed by atoms with E-state index in [2.05, 4.69) is 6.92 Å². The van der Waals surface area contributed by atoms with Crippen LogP contribution < -0.4 is 0 Å². The van der Waals surface area contributed by atoms with E-state index < -0.39 is 17.5 Å².